The first kappa shape index (κ1) is 11.9. The van der Waals surface area contributed by atoms with Crippen LogP contribution in [0.15, 0.2) is 42.6 Å². The lowest BCUT2D eigenvalue weighted by Crippen LogP contribution is -2.05. The van der Waals surface area contributed by atoms with Gasteiger partial charge in [0.1, 0.15) is 0 Å². The Balaban J connectivity index is 2.02. The van der Waals surface area contributed by atoms with Crippen molar-refractivity contribution in [3.63, 3.8) is 0 Å². The number of aromatic nitrogens is 2. The standard InChI is InChI=1S/C14H18N2O/c1-11(12-6-4-3-5-7-12)10-14(17)13-8-9-16(2)15-13/h3-9,11,14,17H,10H2,1-2H3. The Morgan fingerprint density at radius 2 is 1.94 bits per heavy atom. The van der Waals surface area contributed by atoms with Gasteiger partial charge in [-0.05, 0) is 24.0 Å². The van der Waals surface area contributed by atoms with Crippen molar-refractivity contribution in [2.45, 2.75) is 25.4 Å². The average molecular weight is 230 g/mol. The van der Waals surface area contributed by atoms with Gasteiger partial charge >= 0.3 is 0 Å². The summed E-state index contributed by atoms with van der Waals surface area (Å²) in [6.07, 6.45) is 2.05. The number of aliphatic hydroxyl groups is 1. The van der Waals surface area contributed by atoms with Crippen LogP contribution in [-0.2, 0) is 7.05 Å². The van der Waals surface area contributed by atoms with Gasteiger partial charge in [0.15, 0.2) is 0 Å². The summed E-state index contributed by atoms with van der Waals surface area (Å²) in [6, 6.07) is 12.1. The fraction of sp³-hybridized carbons (Fsp3) is 0.357. The quantitative estimate of drug-likeness (QED) is 0.876. The van der Waals surface area contributed by atoms with E-state index in [1.54, 1.807) is 4.68 Å². The van der Waals surface area contributed by atoms with E-state index >= 15 is 0 Å². The summed E-state index contributed by atoms with van der Waals surface area (Å²) in [5, 5.41) is 14.3. The van der Waals surface area contributed by atoms with Crippen molar-refractivity contribution >= 4 is 0 Å². The number of aryl methyl sites for hydroxylation is 1. The summed E-state index contributed by atoms with van der Waals surface area (Å²) in [5.41, 5.74) is 2.00. The number of rotatable bonds is 4. The van der Waals surface area contributed by atoms with E-state index in [9.17, 15) is 5.11 Å². The monoisotopic (exact) mass is 230 g/mol. The maximum Gasteiger partial charge on any atom is 0.0984 e. The van der Waals surface area contributed by atoms with Crippen LogP contribution in [0.3, 0.4) is 0 Å². The van der Waals surface area contributed by atoms with Crippen molar-refractivity contribution < 1.29 is 5.11 Å². The predicted molar refractivity (Wildman–Crippen MR) is 67.6 cm³/mol. The summed E-state index contributed by atoms with van der Waals surface area (Å²) in [5.74, 6) is 0.327. The number of nitrogens with zero attached hydrogens (tertiary/aromatic N) is 2. The van der Waals surface area contributed by atoms with E-state index in [1.807, 2.05) is 37.5 Å². The normalized spacial score (nSPS) is 14.5. The molecule has 2 rings (SSSR count). The highest BCUT2D eigenvalue weighted by Gasteiger charge is 2.15. The van der Waals surface area contributed by atoms with Crippen LogP contribution in [0.25, 0.3) is 0 Å². The highest BCUT2D eigenvalue weighted by atomic mass is 16.3. The van der Waals surface area contributed by atoms with Crippen LogP contribution < -0.4 is 0 Å². The third-order valence-corrected chi connectivity index (χ3v) is 3.02. The Morgan fingerprint density at radius 1 is 1.24 bits per heavy atom. The molecule has 0 fully saturated rings. The SMILES string of the molecule is CC(CC(O)c1ccn(C)n1)c1ccccc1. The van der Waals surface area contributed by atoms with Crippen molar-refractivity contribution in [2.75, 3.05) is 0 Å². The summed E-state index contributed by atoms with van der Waals surface area (Å²) in [4.78, 5) is 0. The lowest BCUT2D eigenvalue weighted by Gasteiger charge is -2.15. The van der Waals surface area contributed by atoms with Crippen molar-refractivity contribution in [3.05, 3.63) is 53.9 Å². The van der Waals surface area contributed by atoms with Crippen LogP contribution in [0.5, 0.6) is 0 Å². The molecule has 0 aliphatic carbocycles. The van der Waals surface area contributed by atoms with Gasteiger partial charge in [0.05, 0.1) is 11.8 Å². The molecule has 1 heterocycles. The third-order valence-electron chi connectivity index (χ3n) is 3.02. The molecule has 1 aromatic carbocycles. The summed E-state index contributed by atoms with van der Waals surface area (Å²) in [7, 11) is 1.86. The van der Waals surface area contributed by atoms with E-state index in [-0.39, 0.29) is 0 Å². The van der Waals surface area contributed by atoms with Crippen LogP contribution >= 0.6 is 0 Å². The van der Waals surface area contributed by atoms with Crippen molar-refractivity contribution in [1.29, 1.82) is 0 Å². The maximum absolute atomic E-state index is 10.1. The molecule has 3 nitrogen and oxygen atoms in total. The second kappa shape index (κ2) is 5.15. The highest BCUT2D eigenvalue weighted by Crippen LogP contribution is 2.26. The maximum atomic E-state index is 10.1. The fourth-order valence-electron chi connectivity index (χ4n) is 1.98. The zero-order valence-corrected chi connectivity index (χ0v) is 10.2. The predicted octanol–water partition coefficient (Wildman–Crippen LogP) is 2.65. The lowest BCUT2D eigenvalue weighted by atomic mass is 9.94. The Kier molecular flexibility index (Phi) is 3.59. The minimum atomic E-state index is -0.494. The van der Waals surface area contributed by atoms with Crippen LogP contribution in [0.2, 0.25) is 0 Å². The molecule has 17 heavy (non-hydrogen) atoms. The molecule has 0 bridgehead atoms. The minimum Gasteiger partial charge on any atom is -0.387 e. The lowest BCUT2D eigenvalue weighted by molar-refractivity contribution is 0.154. The number of hydrogen-bond donors (Lipinski definition) is 1. The summed E-state index contributed by atoms with van der Waals surface area (Å²) < 4.78 is 1.71. The molecule has 0 saturated heterocycles. The molecular weight excluding hydrogens is 212 g/mol. The molecule has 2 unspecified atom stereocenters. The van der Waals surface area contributed by atoms with Crippen molar-refractivity contribution in [1.82, 2.24) is 9.78 Å². The first-order valence-corrected chi connectivity index (χ1v) is 5.89. The van der Waals surface area contributed by atoms with Crippen LogP contribution in [0.1, 0.15) is 36.6 Å². The van der Waals surface area contributed by atoms with E-state index in [0.717, 1.165) is 5.69 Å². The Labute approximate surface area is 102 Å². The second-order valence-corrected chi connectivity index (χ2v) is 4.48. The Hall–Kier alpha value is -1.61. The molecule has 90 valence electrons. The van der Waals surface area contributed by atoms with Crippen molar-refractivity contribution in [2.24, 2.45) is 7.05 Å². The Morgan fingerprint density at radius 3 is 2.53 bits per heavy atom. The molecule has 0 radical (unpaired) electrons. The van der Waals surface area contributed by atoms with E-state index in [2.05, 4.69) is 24.2 Å². The largest absolute Gasteiger partial charge is 0.387 e. The van der Waals surface area contributed by atoms with Gasteiger partial charge in [-0.15, -0.1) is 0 Å². The number of hydrogen-bond acceptors (Lipinski definition) is 2. The van der Waals surface area contributed by atoms with E-state index < -0.39 is 6.10 Å². The van der Waals surface area contributed by atoms with Gasteiger partial charge in [0, 0.05) is 13.2 Å². The molecule has 2 aromatic rings. The zero-order chi connectivity index (χ0) is 12.3. The van der Waals surface area contributed by atoms with Crippen LogP contribution in [-0.4, -0.2) is 14.9 Å². The minimum absolute atomic E-state index is 0.327. The zero-order valence-electron chi connectivity index (χ0n) is 10.2. The van der Waals surface area contributed by atoms with Crippen LogP contribution in [0, 0.1) is 0 Å². The fourth-order valence-corrected chi connectivity index (χ4v) is 1.98. The molecule has 0 saturated carbocycles. The van der Waals surface area contributed by atoms with Crippen molar-refractivity contribution in [3.8, 4) is 0 Å². The van der Waals surface area contributed by atoms with Gasteiger partial charge in [0.25, 0.3) is 0 Å². The molecule has 0 amide bonds. The first-order chi connectivity index (χ1) is 8.16. The average Bonchev–Trinajstić information content (AvgIpc) is 2.77. The van der Waals surface area contributed by atoms with Gasteiger partial charge in [-0.1, -0.05) is 37.3 Å². The Bertz CT molecular complexity index is 464. The van der Waals surface area contributed by atoms with E-state index in [0.29, 0.717) is 12.3 Å². The number of aliphatic hydroxyl groups excluding tert-OH is 1. The van der Waals surface area contributed by atoms with Gasteiger partial charge in [-0.2, -0.15) is 5.10 Å². The smallest absolute Gasteiger partial charge is 0.0984 e. The topological polar surface area (TPSA) is 38.0 Å². The molecule has 0 aliphatic rings. The molecule has 1 N–H and O–H groups in total. The van der Waals surface area contributed by atoms with Gasteiger partial charge in [0.2, 0.25) is 0 Å². The second-order valence-electron chi connectivity index (χ2n) is 4.48. The third kappa shape index (κ3) is 2.94. The van der Waals surface area contributed by atoms with Gasteiger partial charge in [-0.25, -0.2) is 0 Å². The molecular formula is C14H18N2O. The molecule has 1 aromatic heterocycles. The van der Waals surface area contributed by atoms with E-state index in [4.69, 9.17) is 0 Å². The summed E-state index contributed by atoms with van der Waals surface area (Å²) >= 11 is 0. The van der Waals surface area contributed by atoms with Crippen LogP contribution in [0.4, 0.5) is 0 Å². The summed E-state index contributed by atoms with van der Waals surface area (Å²) in [6.45, 7) is 2.13. The number of benzene rings is 1. The molecule has 0 aliphatic heterocycles. The highest BCUT2D eigenvalue weighted by molar-refractivity contribution is 5.19. The molecule has 2 atom stereocenters. The van der Waals surface area contributed by atoms with E-state index in [1.165, 1.54) is 5.56 Å². The molecule has 3 heteroatoms. The first-order valence-electron chi connectivity index (χ1n) is 5.89. The van der Waals surface area contributed by atoms with Gasteiger partial charge in [-0.3, -0.25) is 4.68 Å². The molecule has 0 spiro atoms. The van der Waals surface area contributed by atoms with Gasteiger partial charge < -0.3 is 5.11 Å².